The van der Waals surface area contributed by atoms with Crippen molar-refractivity contribution in [2.75, 3.05) is 13.2 Å². The quantitative estimate of drug-likeness (QED) is 0.381. The van der Waals surface area contributed by atoms with Crippen LogP contribution in [0.25, 0.3) is 21.2 Å². The van der Waals surface area contributed by atoms with Gasteiger partial charge in [-0.25, -0.2) is 4.98 Å². The Balaban J connectivity index is 1.47. The summed E-state index contributed by atoms with van der Waals surface area (Å²) in [6.45, 7) is 0.432. The van der Waals surface area contributed by atoms with Crippen molar-refractivity contribution in [3.05, 3.63) is 88.0 Å². The van der Waals surface area contributed by atoms with Gasteiger partial charge in [-0.05, 0) is 59.3 Å². The summed E-state index contributed by atoms with van der Waals surface area (Å²) in [5, 5.41) is 23.3. The number of hydrogen-bond acceptors (Lipinski definition) is 5. The zero-order valence-electron chi connectivity index (χ0n) is 16.7. The molecule has 0 aliphatic heterocycles. The number of aliphatic hydroxyl groups excluding tert-OH is 2. The van der Waals surface area contributed by atoms with Crippen LogP contribution in [0.2, 0.25) is 5.02 Å². The summed E-state index contributed by atoms with van der Waals surface area (Å²) in [6.07, 6.45) is 1.82. The number of hydrogen-bond donors (Lipinski definition) is 3. The van der Waals surface area contributed by atoms with E-state index >= 15 is 0 Å². The molecule has 3 N–H and O–H groups in total. The van der Waals surface area contributed by atoms with Gasteiger partial charge in [0.15, 0.2) is 0 Å². The molecule has 156 valence electrons. The zero-order valence-corrected chi connectivity index (χ0v) is 18.2. The van der Waals surface area contributed by atoms with Crippen molar-refractivity contribution in [2.45, 2.75) is 12.6 Å². The van der Waals surface area contributed by atoms with E-state index in [-0.39, 0.29) is 19.3 Å². The predicted molar refractivity (Wildman–Crippen MR) is 127 cm³/mol. The maximum Gasteiger partial charge on any atom is 0.113 e. The van der Waals surface area contributed by atoms with Crippen LogP contribution < -0.4 is 5.32 Å². The van der Waals surface area contributed by atoms with Gasteiger partial charge in [-0.1, -0.05) is 35.7 Å². The fourth-order valence-electron chi connectivity index (χ4n) is 3.11. The van der Waals surface area contributed by atoms with Gasteiger partial charge in [0.2, 0.25) is 0 Å². The summed E-state index contributed by atoms with van der Waals surface area (Å²) >= 11 is 7.64. The van der Waals surface area contributed by atoms with E-state index in [2.05, 4.69) is 40.3 Å². The van der Waals surface area contributed by atoms with Gasteiger partial charge in [0, 0.05) is 38.5 Å². The average Bonchev–Trinajstić information content (AvgIpc) is 3.21. The maximum atomic E-state index is 9.17. The standard InChI is InChI=1S/C25H21ClN2O2S/c26-21-6-3-18(4-7-21)19-5-9-22(27-13-19)8-1-17-2-10-25-20(11-17)12-24(31-25)14-28-23(15-29)16-30/h2-7,9-13,23,28-30H,14-16H2. The molecule has 4 aromatic rings. The summed E-state index contributed by atoms with van der Waals surface area (Å²) in [7, 11) is 0. The molecule has 0 radical (unpaired) electrons. The number of halogens is 1. The lowest BCUT2D eigenvalue weighted by atomic mass is 10.1. The lowest BCUT2D eigenvalue weighted by molar-refractivity contribution is 0.170. The van der Waals surface area contributed by atoms with Crippen molar-refractivity contribution < 1.29 is 10.2 Å². The van der Waals surface area contributed by atoms with E-state index in [0.717, 1.165) is 27.0 Å². The van der Waals surface area contributed by atoms with Gasteiger partial charge < -0.3 is 15.5 Å². The maximum absolute atomic E-state index is 9.17. The Morgan fingerprint density at radius 3 is 2.42 bits per heavy atom. The van der Waals surface area contributed by atoms with Crippen LogP contribution in [0, 0.1) is 11.8 Å². The molecular formula is C25H21ClN2O2S. The minimum Gasteiger partial charge on any atom is -0.395 e. The first-order chi connectivity index (χ1) is 15.1. The van der Waals surface area contributed by atoms with Crippen LogP contribution in [-0.2, 0) is 6.54 Å². The molecule has 4 nitrogen and oxygen atoms in total. The first-order valence-electron chi connectivity index (χ1n) is 9.86. The highest BCUT2D eigenvalue weighted by atomic mass is 35.5. The largest absolute Gasteiger partial charge is 0.395 e. The normalized spacial score (nSPS) is 11.0. The third kappa shape index (κ3) is 5.50. The molecule has 0 unspecified atom stereocenters. The number of nitrogens with one attached hydrogen (secondary N) is 1. The van der Waals surface area contributed by atoms with Gasteiger partial charge in [0.25, 0.3) is 0 Å². The topological polar surface area (TPSA) is 65.4 Å². The highest BCUT2D eigenvalue weighted by molar-refractivity contribution is 7.19. The molecule has 0 saturated carbocycles. The lowest BCUT2D eigenvalue weighted by Gasteiger charge is -2.11. The predicted octanol–water partition coefficient (Wildman–Crippen LogP) is 4.46. The number of aliphatic hydroxyl groups is 2. The van der Waals surface area contributed by atoms with Crippen molar-refractivity contribution in [3.8, 4) is 23.0 Å². The second kappa shape index (κ2) is 10.1. The van der Waals surface area contributed by atoms with Crippen LogP contribution in [0.1, 0.15) is 16.1 Å². The van der Waals surface area contributed by atoms with Crippen LogP contribution >= 0.6 is 22.9 Å². The minimum absolute atomic E-state index is 0.0875. The van der Waals surface area contributed by atoms with Gasteiger partial charge in [-0.15, -0.1) is 11.3 Å². The second-order valence-electron chi connectivity index (χ2n) is 7.10. The highest BCUT2D eigenvalue weighted by Crippen LogP contribution is 2.26. The van der Waals surface area contributed by atoms with Gasteiger partial charge in [-0.3, -0.25) is 0 Å². The van der Waals surface area contributed by atoms with E-state index in [1.807, 2.05) is 48.7 Å². The summed E-state index contributed by atoms with van der Waals surface area (Å²) in [5.74, 6) is 6.32. The number of thiophene rings is 1. The van der Waals surface area contributed by atoms with Crippen LogP contribution in [0.15, 0.2) is 66.9 Å². The number of benzene rings is 2. The van der Waals surface area contributed by atoms with Gasteiger partial charge in [0.1, 0.15) is 5.69 Å². The molecule has 0 aliphatic rings. The molecule has 0 amide bonds. The molecule has 4 rings (SSSR count). The van der Waals surface area contributed by atoms with E-state index in [4.69, 9.17) is 11.6 Å². The second-order valence-corrected chi connectivity index (χ2v) is 8.70. The Bertz CT molecular complexity index is 1220. The Morgan fingerprint density at radius 2 is 1.71 bits per heavy atom. The third-order valence-corrected chi connectivity index (χ3v) is 6.22. The number of rotatable bonds is 6. The molecule has 0 saturated heterocycles. The van der Waals surface area contributed by atoms with E-state index in [9.17, 15) is 10.2 Å². The van der Waals surface area contributed by atoms with Gasteiger partial charge in [-0.2, -0.15) is 0 Å². The number of fused-ring (bicyclic) bond motifs is 1. The molecule has 31 heavy (non-hydrogen) atoms. The summed E-state index contributed by atoms with van der Waals surface area (Å²) < 4.78 is 1.18. The SMILES string of the molecule is OCC(CO)NCc1cc2cc(C#Cc3ccc(-c4ccc(Cl)cc4)cn3)ccc2s1. The molecule has 2 heterocycles. The van der Waals surface area contributed by atoms with Crippen LogP contribution in [0.5, 0.6) is 0 Å². The van der Waals surface area contributed by atoms with Crippen molar-refractivity contribution in [1.82, 2.24) is 10.3 Å². The fraction of sp³-hybridized carbons (Fsp3) is 0.160. The number of aromatic nitrogens is 1. The Kier molecular flexibility index (Phi) is 6.98. The van der Waals surface area contributed by atoms with Gasteiger partial charge in [0.05, 0.1) is 19.3 Å². The molecule has 2 aromatic heterocycles. The molecule has 6 heteroatoms. The minimum atomic E-state index is -0.301. The van der Waals surface area contributed by atoms with Gasteiger partial charge >= 0.3 is 0 Å². The monoisotopic (exact) mass is 448 g/mol. The smallest absolute Gasteiger partial charge is 0.113 e. The van der Waals surface area contributed by atoms with Crippen molar-refractivity contribution in [3.63, 3.8) is 0 Å². The average molecular weight is 449 g/mol. The number of pyridine rings is 1. The Hall–Kier alpha value is -2.72. The fourth-order valence-corrected chi connectivity index (χ4v) is 4.23. The first-order valence-corrected chi connectivity index (χ1v) is 11.1. The molecule has 0 fully saturated rings. The first kappa shape index (κ1) is 21.5. The van der Waals surface area contributed by atoms with Crippen LogP contribution in [0.4, 0.5) is 0 Å². The third-order valence-electron chi connectivity index (χ3n) is 4.85. The Morgan fingerprint density at radius 1 is 0.935 bits per heavy atom. The number of nitrogens with zero attached hydrogens (tertiary/aromatic N) is 1. The summed E-state index contributed by atoms with van der Waals surface area (Å²) in [6, 6.07) is 19.6. The molecule has 0 atom stereocenters. The van der Waals surface area contributed by atoms with E-state index < -0.39 is 0 Å². The molecule has 0 bridgehead atoms. The van der Waals surface area contributed by atoms with Crippen LogP contribution in [-0.4, -0.2) is 34.5 Å². The van der Waals surface area contributed by atoms with Crippen LogP contribution in [0.3, 0.4) is 0 Å². The van der Waals surface area contributed by atoms with E-state index in [0.29, 0.717) is 17.3 Å². The van der Waals surface area contributed by atoms with Crippen molar-refractivity contribution in [1.29, 1.82) is 0 Å². The molecule has 0 spiro atoms. The van der Waals surface area contributed by atoms with E-state index in [1.165, 1.54) is 4.70 Å². The zero-order chi connectivity index (χ0) is 21.6. The van der Waals surface area contributed by atoms with E-state index in [1.54, 1.807) is 11.3 Å². The Labute approximate surface area is 190 Å². The summed E-state index contributed by atoms with van der Waals surface area (Å²) in [4.78, 5) is 5.61. The lowest BCUT2D eigenvalue weighted by Crippen LogP contribution is -2.34. The van der Waals surface area contributed by atoms with Crippen molar-refractivity contribution >= 4 is 33.0 Å². The van der Waals surface area contributed by atoms with Crippen molar-refractivity contribution in [2.24, 2.45) is 0 Å². The molecule has 2 aromatic carbocycles. The molecular weight excluding hydrogens is 428 g/mol. The highest BCUT2D eigenvalue weighted by Gasteiger charge is 2.07. The summed E-state index contributed by atoms with van der Waals surface area (Å²) in [5.41, 5.74) is 3.73. The molecule has 0 aliphatic carbocycles.